The van der Waals surface area contributed by atoms with Gasteiger partial charge in [-0.1, -0.05) is 31.4 Å². The molecule has 0 aliphatic heterocycles. The van der Waals surface area contributed by atoms with Gasteiger partial charge in [0.2, 0.25) is 0 Å². The predicted octanol–water partition coefficient (Wildman–Crippen LogP) is 4.54. The van der Waals surface area contributed by atoms with Crippen molar-refractivity contribution in [3.63, 3.8) is 0 Å². The average molecular weight is 365 g/mol. The standard InChI is InChI=1S/C21H32O3S/c1-13(2)25(22,23)24-19-12-17-11-18(19)20-14-8-9-16(10-14)21(17,20)15-6-4-3-5-7-15/h8-9,13-20H,3-7,10-12H2,1-2H3. The highest BCUT2D eigenvalue weighted by Crippen LogP contribution is 2.76. The number of allylic oxidation sites excluding steroid dienone is 2. The minimum absolute atomic E-state index is 0.0492. The first kappa shape index (κ1) is 16.8. The van der Waals surface area contributed by atoms with Crippen molar-refractivity contribution in [3.05, 3.63) is 12.2 Å². The van der Waals surface area contributed by atoms with E-state index in [2.05, 4.69) is 12.2 Å². The zero-order chi connectivity index (χ0) is 17.4. The number of hydrogen-bond acceptors (Lipinski definition) is 3. The van der Waals surface area contributed by atoms with Crippen molar-refractivity contribution in [2.24, 2.45) is 40.9 Å². The molecule has 0 radical (unpaired) electrons. The fourth-order valence-corrected chi connectivity index (χ4v) is 8.76. The van der Waals surface area contributed by atoms with Crippen molar-refractivity contribution in [2.75, 3.05) is 0 Å². The van der Waals surface area contributed by atoms with E-state index in [1.54, 1.807) is 13.8 Å². The van der Waals surface area contributed by atoms with E-state index in [0.29, 0.717) is 29.1 Å². The Morgan fingerprint density at radius 1 is 1.00 bits per heavy atom. The fraction of sp³-hybridized carbons (Fsp3) is 0.905. The lowest BCUT2D eigenvalue weighted by Gasteiger charge is -2.53. The monoisotopic (exact) mass is 364 g/mol. The van der Waals surface area contributed by atoms with Gasteiger partial charge in [0.15, 0.2) is 0 Å². The quantitative estimate of drug-likeness (QED) is 0.418. The van der Waals surface area contributed by atoms with Crippen LogP contribution >= 0.6 is 0 Å². The smallest absolute Gasteiger partial charge is 0.266 e. The largest absolute Gasteiger partial charge is 0.269 e. The Kier molecular flexibility index (Phi) is 3.75. The molecule has 0 aromatic heterocycles. The molecule has 0 amide bonds. The lowest BCUT2D eigenvalue weighted by atomic mass is 9.52. The summed E-state index contributed by atoms with van der Waals surface area (Å²) in [7, 11) is -3.41. The molecular formula is C21H32O3S. The second kappa shape index (κ2) is 5.58. The van der Waals surface area contributed by atoms with Gasteiger partial charge in [-0.25, -0.2) is 0 Å². The summed E-state index contributed by atoms with van der Waals surface area (Å²) in [6, 6.07) is 0. The topological polar surface area (TPSA) is 43.4 Å². The van der Waals surface area contributed by atoms with E-state index in [4.69, 9.17) is 4.18 Å². The van der Waals surface area contributed by atoms with Crippen molar-refractivity contribution < 1.29 is 12.6 Å². The third-order valence-corrected chi connectivity index (χ3v) is 10.3. The van der Waals surface area contributed by atoms with E-state index in [-0.39, 0.29) is 6.10 Å². The molecule has 0 saturated heterocycles. The molecule has 5 aliphatic rings. The first-order chi connectivity index (χ1) is 11.9. The first-order valence-corrected chi connectivity index (χ1v) is 12.0. The van der Waals surface area contributed by atoms with Crippen LogP contribution in [0.5, 0.6) is 0 Å². The van der Waals surface area contributed by atoms with Gasteiger partial charge in [0.05, 0.1) is 11.4 Å². The van der Waals surface area contributed by atoms with Crippen molar-refractivity contribution in [1.82, 2.24) is 0 Å². The maximum atomic E-state index is 12.4. The van der Waals surface area contributed by atoms with E-state index in [1.165, 1.54) is 44.9 Å². The van der Waals surface area contributed by atoms with Crippen molar-refractivity contribution in [3.8, 4) is 0 Å². The second-order valence-electron chi connectivity index (χ2n) is 9.76. The Bertz CT molecular complexity index is 675. The van der Waals surface area contributed by atoms with Crippen LogP contribution in [0.4, 0.5) is 0 Å². The van der Waals surface area contributed by atoms with Gasteiger partial charge in [-0.05, 0) is 86.9 Å². The molecular weight excluding hydrogens is 332 g/mol. The molecule has 5 aliphatic carbocycles. The molecule has 140 valence electrons. The molecule has 5 rings (SSSR count). The second-order valence-corrected chi connectivity index (χ2v) is 11.9. The average Bonchev–Trinajstić information content (AvgIpc) is 3.33. The van der Waals surface area contributed by atoms with Gasteiger partial charge in [0, 0.05) is 0 Å². The molecule has 0 aromatic carbocycles. The van der Waals surface area contributed by atoms with E-state index in [0.717, 1.165) is 18.3 Å². The van der Waals surface area contributed by atoms with Crippen LogP contribution in [-0.2, 0) is 14.3 Å². The summed E-state index contributed by atoms with van der Waals surface area (Å²) in [5.74, 6) is 4.19. The van der Waals surface area contributed by atoms with E-state index in [9.17, 15) is 8.42 Å². The Morgan fingerprint density at radius 2 is 1.76 bits per heavy atom. The van der Waals surface area contributed by atoms with Crippen LogP contribution < -0.4 is 0 Å². The van der Waals surface area contributed by atoms with Gasteiger partial charge in [-0.2, -0.15) is 8.42 Å². The number of fused-ring (bicyclic) bond motifs is 9. The maximum absolute atomic E-state index is 12.4. The normalized spacial score (nSPS) is 48.6. The highest BCUT2D eigenvalue weighted by Gasteiger charge is 2.72. The van der Waals surface area contributed by atoms with Crippen LogP contribution in [0.2, 0.25) is 0 Å². The molecule has 0 aromatic rings. The van der Waals surface area contributed by atoms with Crippen LogP contribution in [-0.4, -0.2) is 19.8 Å². The Hall–Kier alpha value is -0.350. The highest BCUT2D eigenvalue weighted by atomic mass is 32.2. The lowest BCUT2D eigenvalue weighted by molar-refractivity contribution is -0.0531. The first-order valence-electron chi connectivity index (χ1n) is 10.5. The van der Waals surface area contributed by atoms with E-state index >= 15 is 0 Å². The summed E-state index contributed by atoms with van der Waals surface area (Å²) in [6.07, 6.45) is 15.5. The molecule has 4 fully saturated rings. The molecule has 7 unspecified atom stereocenters. The van der Waals surface area contributed by atoms with Gasteiger partial charge >= 0.3 is 0 Å². The molecule has 0 heterocycles. The Morgan fingerprint density at radius 3 is 2.48 bits per heavy atom. The highest BCUT2D eigenvalue weighted by molar-refractivity contribution is 7.87. The molecule has 0 N–H and O–H groups in total. The summed E-state index contributed by atoms with van der Waals surface area (Å²) in [6.45, 7) is 3.46. The molecule has 4 bridgehead atoms. The Labute approximate surface area is 152 Å². The van der Waals surface area contributed by atoms with Crippen molar-refractivity contribution >= 4 is 10.1 Å². The third kappa shape index (κ3) is 2.16. The summed E-state index contributed by atoms with van der Waals surface area (Å²) in [4.78, 5) is 0. The summed E-state index contributed by atoms with van der Waals surface area (Å²) >= 11 is 0. The number of hydrogen-bond donors (Lipinski definition) is 0. The van der Waals surface area contributed by atoms with Gasteiger partial charge in [0.1, 0.15) is 0 Å². The van der Waals surface area contributed by atoms with Gasteiger partial charge < -0.3 is 0 Å². The van der Waals surface area contributed by atoms with Crippen molar-refractivity contribution in [2.45, 2.75) is 76.6 Å². The van der Waals surface area contributed by atoms with Gasteiger partial charge in [-0.3, -0.25) is 4.18 Å². The molecule has 4 saturated carbocycles. The maximum Gasteiger partial charge on any atom is 0.269 e. The Balaban J connectivity index is 1.46. The SMILES string of the molecule is CC(C)S(=O)(=O)OC1CC2CC1C1C3C=CC(C3)C21C1CCCCC1. The van der Waals surface area contributed by atoms with Gasteiger partial charge in [-0.15, -0.1) is 0 Å². The number of rotatable bonds is 4. The van der Waals surface area contributed by atoms with E-state index < -0.39 is 15.4 Å². The van der Waals surface area contributed by atoms with Crippen LogP contribution in [0.25, 0.3) is 0 Å². The van der Waals surface area contributed by atoms with Crippen LogP contribution in [0.3, 0.4) is 0 Å². The van der Waals surface area contributed by atoms with Crippen LogP contribution in [0, 0.1) is 40.9 Å². The minimum atomic E-state index is -3.41. The fourth-order valence-electron chi connectivity index (χ4n) is 7.97. The minimum Gasteiger partial charge on any atom is -0.266 e. The summed E-state index contributed by atoms with van der Waals surface area (Å²) in [5, 5.41) is -0.436. The molecule has 25 heavy (non-hydrogen) atoms. The lowest BCUT2D eigenvalue weighted by Crippen LogP contribution is -2.50. The third-order valence-electron chi connectivity index (χ3n) is 8.66. The molecule has 4 heteroatoms. The van der Waals surface area contributed by atoms with Crippen LogP contribution in [0.15, 0.2) is 12.2 Å². The molecule has 0 spiro atoms. The van der Waals surface area contributed by atoms with Gasteiger partial charge in [0.25, 0.3) is 10.1 Å². The zero-order valence-electron chi connectivity index (χ0n) is 15.6. The van der Waals surface area contributed by atoms with Crippen LogP contribution in [0.1, 0.15) is 65.2 Å². The zero-order valence-corrected chi connectivity index (χ0v) is 16.4. The molecule has 7 atom stereocenters. The summed E-state index contributed by atoms with van der Waals surface area (Å²) in [5.41, 5.74) is 0.492. The summed E-state index contributed by atoms with van der Waals surface area (Å²) < 4.78 is 30.5. The van der Waals surface area contributed by atoms with E-state index in [1.807, 2.05) is 0 Å². The predicted molar refractivity (Wildman–Crippen MR) is 98.4 cm³/mol. The molecule has 3 nitrogen and oxygen atoms in total. The van der Waals surface area contributed by atoms with Crippen molar-refractivity contribution in [1.29, 1.82) is 0 Å².